The number of phenolic OH excluding ortho intramolecular Hbond substituents is 1. The molecule has 1 aliphatic rings. The number of carbonyl (C=O) groups is 1. The summed E-state index contributed by atoms with van der Waals surface area (Å²) in [5.74, 6) is 0.774. The van der Waals surface area contributed by atoms with Crippen molar-refractivity contribution in [1.82, 2.24) is 14.9 Å². The van der Waals surface area contributed by atoms with Crippen molar-refractivity contribution in [3.05, 3.63) is 77.7 Å². The molecule has 0 atom stereocenters. The summed E-state index contributed by atoms with van der Waals surface area (Å²) in [4.78, 5) is 24.1. The summed E-state index contributed by atoms with van der Waals surface area (Å²) in [5.41, 5.74) is 2.98. The Morgan fingerprint density at radius 3 is 2.63 bits per heavy atom. The van der Waals surface area contributed by atoms with E-state index in [-0.39, 0.29) is 17.7 Å². The van der Waals surface area contributed by atoms with Crippen LogP contribution in [0.2, 0.25) is 0 Å². The fraction of sp³-hybridized carbons (Fsp3) is 0.227. The predicted molar refractivity (Wildman–Crippen MR) is 103 cm³/mol. The first kappa shape index (κ1) is 17.2. The highest BCUT2D eigenvalue weighted by Gasteiger charge is 2.34. The minimum Gasteiger partial charge on any atom is -0.508 e. The van der Waals surface area contributed by atoms with Crippen LogP contribution in [0.15, 0.2) is 60.8 Å². The molecule has 1 amide bonds. The molecule has 1 aromatic heterocycles. The minimum atomic E-state index is -0.0697. The zero-order valence-corrected chi connectivity index (χ0v) is 15.2. The largest absolute Gasteiger partial charge is 0.508 e. The van der Waals surface area contributed by atoms with Crippen molar-refractivity contribution in [3.63, 3.8) is 0 Å². The maximum absolute atomic E-state index is 13.4. The van der Waals surface area contributed by atoms with Gasteiger partial charge in [-0.15, -0.1) is 0 Å². The summed E-state index contributed by atoms with van der Waals surface area (Å²) in [6, 6.07) is 17.0. The van der Waals surface area contributed by atoms with E-state index in [4.69, 9.17) is 0 Å². The number of rotatable bonds is 5. The maximum atomic E-state index is 13.4. The number of aromatic hydroxyl groups is 1. The smallest absolute Gasteiger partial charge is 0.258 e. The standard InChI is InChI=1S/C22H21N3O2/c1-15-23-13-20(21(24-15)17-7-3-2-4-8-17)22(27)25(18-10-11-18)14-16-6-5-9-19(26)12-16/h2-9,12-13,18,26H,10-11,14H2,1H3. The molecule has 1 N–H and O–H groups in total. The van der Waals surface area contributed by atoms with Crippen molar-refractivity contribution < 1.29 is 9.90 Å². The van der Waals surface area contributed by atoms with Crippen LogP contribution in [0.1, 0.15) is 34.6 Å². The first-order valence-corrected chi connectivity index (χ1v) is 9.10. The van der Waals surface area contributed by atoms with Gasteiger partial charge in [-0.1, -0.05) is 42.5 Å². The fourth-order valence-electron chi connectivity index (χ4n) is 3.20. The van der Waals surface area contributed by atoms with Gasteiger partial charge in [-0.2, -0.15) is 0 Å². The maximum Gasteiger partial charge on any atom is 0.258 e. The lowest BCUT2D eigenvalue weighted by atomic mass is 10.1. The van der Waals surface area contributed by atoms with Gasteiger partial charge in [-0.3, -0.25) is 4.79 Å². The van der Waals surface area contributed by atoms with E-state index >= 15 is 0 Å². The lowest BCUT2D eigenvalue weighted by molar-refractivity contribution is 0.0729. The lowest BCUT2D eigenvalue weighted by Crippen LogP contribution is -2.33. The van der Waals surface area contributed by atoms with E-state index in [1.165, 1.54) is 0 Å². The van der Waals surface area contributed by atoms with Crippen LogP contribution >= 0.6 is 0 Å². The monoisotopic (exact) mass is 359 g/mol. The van der Waals surface area contributed by atoms with Crippen LogP contribution in [0, 0.1) is 6.92 Å². The summed E-state index contributed by atoms with van der Waals surface area (Å²) in [6.45, 7) is 2.28. The number of nitrogens with zero attached hydrogens (tertiary/aromatic N) is 3. The number of aromatic nitrogens is 2. The van der Waals surface area contributed by atoms with Gasteiger partial charge in [0.15, 0.2) is 0 Å². The van der Waals surface area contributed by atoms with Gasteiger partial charge < -0.3 is 10.0 Å². The fourth-order valence-corrected chi connectivity index (χ4v) is 3.20. The quantitative estimate of drug-likeness (QED) is 0.749. The van der Waals surface area contributed by atoms with Crippen molar-refractivity contribution >= 4 is 5.91 Å². The molecule has 0 bridgehead atoms. The second-order valence-corrected chi connectivity index (χ2v) is 6.88. The van der Waals surface area contributed by atoms with Gasteiger partial charge in [0.05, 0.1) is 11.3 Å². The molecule has 4 rings (SSSR count). The van der Waals surface area contributed by atoms with Gasteiger partial charge >= 0.3 is 0 Å². The van der Waals surface area contributed by atoms with Crippen LogP contribution in [-0.2, 0) is 6.54 Å². The normalized spacial score (nSPS) is 13.4. The number of hydrogen-bond donors (Lipinski definition) is 1. The average Bonchev–Trinajstić information content (AvgIpc) is 3.51. The Labute approximate surface area is 158 Å². The lowest BCUT2D eigenvalue weighted by Gasteiger charge is -2.23. The van der Waals surface area contributed by atoms with Gasteiger partial charge in [0.1, 0.15) is 11.6 Å². The number of phenols is 1. The highest BCUT2D eigenvalue weighted by Crippen LogP contribution is 2.32. The topological polar surface area (TPSA) is 66.3 Å². The molecule has 3 aromatic rings. The number of aryl methyl sites for hydroxylation is 1. The van der Waals surface area contributed by atoms with E-state index in [9.17, 15) is 9.90 Å². The van der Waals surface area contributed by atoms with E-state index in [0.29, 0.717) is 23.6 Å². The minimum absolute atomic E-state index is 0.0697. The van der Waals surface area contributed by atoms with Gasteiger partial charge in [0.25, 0.3) is 5.91 Å². The molecule has 5 heteroatoms. The summed E-state index contributed by atoms with van der Waals surface area (Å²) in [6.07, 6.45) is 3.63. The number of carbonyl (C=O) groups excluding carboxylic acids is 1. The number of amides is 1. The third-order valence-corrected chi connectivity index (χ3v) is 4.70. The Morgan fingerprint density at radius 1 is 1.15 bits per heavy atom. The Hall–Kier alpha value is -3.21. The Bertz CT molecular complexity index is 968. The number of hydrogen-bond acceptors (Lipinski definition) is 4. The summed E-state index contributed by atoms with van der Waals surface area (Å²) >= 11 is 0. The second-order valence-electron chi connectivity index (χ2n) is 6.88. The molecule has 0 radical (unpaired) electrons. The Morgan fingerprint density at radius 2 is 1.93 bits per heavy atom. The number of benzene rings is 2. The summed E-state index contributed by atoms with van der Waals surface area (Å²) in [5, 5.41) is 9.74. The average molecular weight is 359 g/mol. The molecule has 1 saturated carbocycles. The van der Waals surface area contributed by atoms with Gasteiger partial charge in [0, 0.05) is 24.3 Å². The summed E-state index contributed by atoms with van der Waals surface area (Å²) < 4.78 is 0. The SMILES string of the molecule is Cc1ncc(C(=O)N(Cc2cccc(O)c2)C2CC2)c(-c2ccccc2)n1. The van der Waals surface area contributed by atoms with E-state index < -0.39 is 0 Å². The van der Waals surface area contributed by atoms with Crippen LogP contribution in [0.4, 0.5) is 0 Å². The molecule has 2 aromatic carbocycles. The van der Waals surface area contributed by atoms with Gasteiger partial charge in [-0.05, 0) is 37.5 Å². The second kappa shape index (κ2) is 7.19. The van der Waals surface area contributed by atoms with Crippen LogP contribution in [-0.4, -0.2) is 31.9 Å². The summed E-state index contributed by atoms with van der Waals surface area (Å²) in [7, 11) is 0. The van der Waals surface area contributed by atoms with Crippen molar-refractivity contribution in [2.24, 2.45) is 0 Å². The Kier molecular flexibility index (Phi) is 4.59. The van der Waals surface area contributed by atoms with Gasteiger partial charge in [0.2, 0.25) is 0 Å². The molecule has 0 unspecified atom stereocenters. The zero-order chi connectivity index (χ0) is 18.8. The molecule has 0 spiro atoms. The van der Waals surface area contributed by atoms with E-state index in [0.717, 1.165) is 24.0 Å². The highest BCUT2D eigenvalue weighted by molar-refractivity contribution is 6.00. The van der Waals surface area contributed by atoms with Crippen molar-refractivity contribution in [3.8, 4) is 17.0 Å². The molecule has 1 heterocycles. The van der Waals surface area contributed by atoms with E-state index in [1.807, 2.05) is 48.2 Å². The van der Waals surface area contributed by atoms with E-state index in [2.05, 4.69) is 9.97 Å². The van der Waals surface area contributed by atoms with E-state index in [1.54, 1.807) is 24.4 Å². The van der Waals surface area contributed by atoms with Gasteiger partial charge in [-0.25, -0.2) is 9.97 Å². The highest BCUT2D eigenvalue weighted by atomic mass is 16.3. The first-order chi connectivity index (χ1) is 13.1. The molecule has 0 aliphatic heterocycles. The molecule has 1 aliphatic carbocycles. The van der Waals surface area contributed by atoms with Crippen molar-refractivity contribution in [1.29, 1.82) is 0 Å². The van der Waals surface area contributed by atoms with Crippen LogP contribution in [0.5, 0.6) is 5.75 Å². The van der Waals surface area contributed by atoms with Crippen molar-refractivity contribution in [2.45, 2.75) is 32.4 Å². The molecule has 27 heavy (non-hydrogen) atoms. The van der Waals surface area contributed by atoms with Crippen LogP contribution < -0.4 is 0 Å². The molecule has 0 saturated heterocycles. The molecule has 1 fully saturated rings. The molecule has 5 nitrogen and oxygen atoms in total. The van der Waals surface area contributed by atoms with Crippen LogP contribution in [0.3, 0.4) is 0 Å². The van der Waals surface area contributed by atoms with Crippen molar-refractivity contribution in [2.75, 3.05) is 0 Å². The third-order valence-electron chi connectivity index (χ3n) is 4.70. The third kappa shape index (κ3) is 3.82. The van der Waals surface area contributed by atoms with Crippen LogP contribution in [0.25, 0.3) is 11.3 Å². The zero-order valence-electron chi connectivity index (χ0n) is 15.2. The predicted octanol–water partition coefficient (Wildman–Crippen LogP) is 3.96. The Balaban J connectivity index is 1.70. The molecular formula is C22H21N3O2. The molecular weight excluding hydrogens is 338 g/mol. The molecule has 136 valence electrons. The first-order valence-electron chi connectivity index (χ1n) is 9.10.